The maximum Gasteiger partial charge on any atom is 0.137 e. The van der Waals surface area contributed by atoms with Gasteiger partial charge in [-0.1, -0.05) is 25.4 Å². The molecule has 1 aromatic rings. The Bertz CT molecular complexity index is 342. The van der Waals surface area contributed by atoms with Crippen molar-refractivity contribution >= 4 is 17.3 Å². The molecule has 0 saturated heterocycles. The van der Waals surface area contributed by atoms with Crippen LogP contribution in [0.5, 0.6) is 5.75 Å². The molecule has 0 aliphatic carbocycles. The molecular formula is C12H18ClNO2. The minimum Gasteiger partial charge on any atom is -0.495 e. The molecule has 0 heterocycles. The van der Waals surface area contributed by atoms with E-state index in [1.54, 1.807) is 19.2 Å². The zero-order valence-corrected chi connectivity index (χ0v) is 10.6. The van der Waals surface area contributed by atoms with Crippen LogP contribution in [0.1, 0.15) is 13.8 Å². The summed E-state index contributed by atoms with van der Waals surface area (Å²) in [6, 6.07) is 5.52. The number of halogens is 1. The van der Waals surface area contributed by atoms with Gasteiger partial charge in [-0.15, -0.1) is 0 Å². The zero-order valence-electron chi connectivity index (χ0n) is 9.83. The Balaban J connectivity index is 2.78. The average Bonchev–Trinajstić information content (AvgIpc) is 2.25. The average molecular weight is 244 g/mol. The first-order valence-corrected chi connectivity index (χ1v) is 5.67. The molecule has 1 rings (SSSR count). The summed E-state index contributed by atoms with van der Waals surface area (Å²) in [6.45, 7) is 4.21. The van der Waals surface area contributed by atoms with Crippen molar-refractivity contribution < 1.29 is 9.84 Å². The van der Waals surface area contributed by atoms with Gasteiger partial charge in [0.2, 0.25) is 0 Å². The van der Waals surface area contributed by atoms with Crippen LogP contribution in [0, 0.1) is 5.92 Å². The number of ether oxygens (including phenoxy) is 1. The lowest BCUT2D eigenvalue weighted by Gasteiger charge is -2.21. The lowest BCUT2D eigenvalue weighted by Crippen LogP contribution is -2.29. The summed E-state index contributed by atoms with van der Waals surface area (Å²) in [5, 5.41) is 13.0. The summed E-state index contributed by atoms with van der Waals surface area (Å²) < 4.78 is 5.07. The van der Waals surface area contributed by atoms with E-state index in [0.29, 0.717) is 16.7 Å². The summed E-state index contributed by atoms with van der Waals surface area (Å²) >= 11 is 6.01. The van der Waals surface area contributed by atoms with Crippen molar-refractivity contribution in [1.82, 2.24) is 0 Å². The second kappa shape index (κ2) is 5.97. The molecule has 0 radical (unpaired) electrons. The minimum atomic E-state index is 0.0319. The van der Waals surface area contributed by atoms with Crippen molar-refractivity contribution in [1.29, 1.82) is 0 Å². The highest BCUT2D eigenvalue weighted by molar-refractivity contribution is 6.32. The van der Waals surface area contributed by atoms with Crippen molar-refractivity contribution in [3.05, 3.63) is 23.2 Å². The topological polar surface area (TPSA) is 41.5 Å². The standard InChI is InChI=1S/C12H18ClNO2/c1-8(2)11(7-15)14-9-4-5-12(16-3)10(13)6-9/h4-6,8,11,14-15H,7H2,1-3H3. The lowest BCUT2D eigenvalue weighted by molar-refractivity contribution is 0.249. The third kappa shape index (κ3) is 3.29. The molecule has 0 bridgehead atoms. The lowest BCUT2D eigenvalue weighted by atomic mass is 10.1. The highest BCUT2D eigenvalue weighted by atomic mass is 35.5. The number of rotatable bonds is 5. The Hall–Kier alpha value is -0.930. The van der Waals surface area contributed by atoms with Gasteiger partial charge in [-0.05, 0) is 24.1 Å². The normalized spacial score (nSPS) is 12.6. The van der Waals surface area contributed by atoms with Gasteiger partial charge in [-0.2, -0.15) is 0 Å². The fourth-order valence-corrected chi connectivity index (χ4v) is 1.65. The number of aliphatic hydroxyl groups excluding tert-OH is 1. The maximum absolute atomic E-state index is 9.21. The molecule has 0 fully saturated rings. The number of anilines is 1. The van der Waals surface area contributed by atoms with Crippen LogP contribution >= 0.6 is 11.6 Å². The second-order valence-electron chi connectivity index (χ2n) is 4.03. The Morgan fingerprint density at radius 1 is 1.44 bits per heavy atom. The van der Waals surface area contributed by atoms with E-state index in [9.17, 15) is 5.11 Å². The van der Waals surface area contributed by atoms with Gasteiger partial charge >= 0.3 is 0 Å². The Morgan fingerprint density at radius 2 is 2.12 bits per heavy atom. The molecule has 1 unspecified atom stereocenters. The van der Waals surface area contributed by atoms with E-state index in [-0.39, 0.29) is 12.6 Å². The van der Waals surface area contributed by atoms with Crippen LogP contribution < -0.4 is 10.1 Å². The third-order valence-corrected chi connectivity index (χ3v) is 2.80. The van der Waals surface area contributed by atoms with E-state index in [1.807, 2.05) is 6.07 Å². The summed E-state index contributed by atoms with van der Waals surface area (Å²) in [5.74, 6) is 1.00. The number of benzene rings is 1. The second-order valence-corrected chi connectivity index (χ2v) is 4.43. The van der Waals surface area contributed by atoms with E-state index >= 15 is 0 Å². The van der Waals surface area contributed by atoms with Gasteiger partial charge in [-0.3, -0.25) is 0 Å². The smallest absolute Gasteiger partial charge is 0.137 e. The van der Waals surface area contributed by atoms with Gasteiger partial charge in [0.1, 0.15) is 5.75 Å². The number of hydrogen-bond donors (Lipinski definition) is 2. The highest BCUT2D eigenvalue weighted by Gasteiger charge is 2.12. The Labute approximate surface area is 101 Å². The van der Waals surface area contributed by atoms with Crippen molar-refractivity contribution in [3.8, 4) is 5.75 Å². The molecule has 16 heavy (non-hydrogen) atoms. The summed E-state index contributed by atoms with van der Waals surface area (Å²) in [4.78, 5) is 0. The van der Waals surface area contributed by atoms with Gasteiger partial charge in [0.05, 0.1) is 24.8 Å². The molecule has 90 valence electrons. The van der Waals surface area contributed by atoms with Gasteiger partial charge in [0.15, 0.2) is 0 Å². The zero-order chi connectivity index (χ0) is 12.1. The van der Waals surface area contributed by atoms with Gasteiger partial charge in [0.25, 0.3) is 0 Å². The fraction of sp³-hybridized carbons (Fsp3) is 0.500. The molecule has 1 atom stereocenters. The largest absolute Gasteiger partial charge is 0.495 e. The first kappa shape index (κ1) is 13.1. The van der Waals surface area contributed by atoms with Crippen molar-refractivity contribution in [2.24, 2.45) is 5.92 Å². The fourth-order valence-electron chi connectivity index (χ4n) is 1.39. The first-order chi connectivity index (χ1) is 7.58. The van der Waals surface area contributed by atoms with Crippen LogP contribution in [-0.4, -0.2) is 24.9 Å². The molecule has 1 aromatic carbocycles. The van der Waals surface area contributed by atoms with Crippen molar-refractivity contribution in [2.75, 3.05) is 19.0 Å². The van der Waals surface area contributed by atoms with Crippen LogP contribution in [0.4, 0.5) is 5.69 Å². The molecule has 0 aliphatic rings. The Kier molecular flexibility index (Phi) is 4.90. The molecule has 0 aromatic heterocycles. The van der Waals surface area contributed by atoms with Crippen LogP contribution in [0.2, 0.25) is 5.02 Å². The predicted molar refractivity (Wildman–Crippen MR) is 67.3 cm³/mol. The first-order valence-electron chi connectivity index (χ1n) is 5.29. The number of nitrogens with one attached hydrogen (secondary N) is 1. The molecule has 4 heteroatoms. The monoisotopic (exact) mass is 243 g/mol. The van der Waals surface area contributed by atoms with E-state index in [0.717, 1.165) is 5.69 Å². The van der Waals surface area contributed by atoms with Crippen molar-refractivity contribution in [3.63, 3.8) is 0 Å². The minimum absolute atomic E-state index is 0.0319. The third-order valence-electron chi connectivity index (χ3n) is 2.51. The van der Waals surface area contributed by atoms with E-state index in [2.05, 4.69) is 19.2 Å². The summed E-state index contributed by atoms with van der Waals surface area (Å²) in [5.41, 5.74) is 0.888. The van der Waals surface area contributed by atoms with Gasteiger partial charge in [-0.25, -0.2) is 0 Å². The van der Waals surface area contributed by atoms with Crippen LogP contribution in [-0.2, 0) is 0 Å². The highest BCUT2D eigenvalue weighted by Crippen LogP contribution is 2.27. The van der Waals surface area contributed by atoms with Gasteiger partial charge < -0.3 is 15.2 Å². The van der Waals surface area contributed by atoms with E-state index in [1.165, 1.54) is 0 Å². The molecule has 0 amide bonds. The predicted octanol–water partition coefficient (Wildman–Crippen LogP) is 2.78. The molecule has 2 N–H and O–H groups in total. The van der Waals surface area contributed by atoms with Crippen LogP contribution in [0.15, 0.2) is 18.2 Å². The molecule has 0 spiro atoms. The summed E-state index contributed by atoms with van der Waals surface area (Å²) in [7, 11) is 1.58. The van der Waals surface area contributed by atoms with E-state index in [4.69, 9.17) is 16.3 Å². The number of methoxy groups -OCH3 is 1. The SMILES string of the molecule is COc1ccc(NC(CO)C(C)C)cc1Cl. The maximum atomic E-state index is 9.21. The molecular weight excluding hydrogens is 226 g/mol. The Morgan fingerprint density at radius 3 is 2.56 bits per heavy atom. The molecule has 3 nitrogen and oxygen atoms in total. The number of hydrogen-bond acceptors (Lipinski definition) is 3. The van der Waals surface area contributed by atoms with E-state index < -0.39 is 0 Å². The van der Waals surface area contributed by atoms with Crippen LogP contribution in [0.3, 0.4) is 0 Å². The van der Waals surface area contributed by atoms with Crippen LogP contribution in [0.25, 0.3) is 0 Å². The quantitative estimate of drug-likeness (QED) is 0.836. The van der Waals surface area contributed by atoms with Crippen molar-refractivity contribution in [2.45, 2.75) is 19.9 Å². The summed E-state index contributed by atoms with van der Waals surface area (Å²) in [6.07, 6.45) is 0. The number of aliphatic hydroxyl groups is 1. The molecule has 0 saturated carbocycles. The van der Waals surface area contributed by atoms with Gasteiger partial charge in [0, 0.05) is 5.69 Å². The molecule has 0 aliphatic heterocycles.